The van der Waals surface area contributed by atoms with E-state index in [1.165, 1.54) is 21.0 Å². The monoisotopic (exact) mass is 700 g/mol. The minimum absolute atomic E-state index is 0.0610. The Bertz CT molecular complexity index is 1970. The van der Waals surface area contributed by atoms with Gasteiger partial charge in [-0.25, -0.2) is 14.3 Å². The van der Waals surface area contributed by atoms with Crippen LogP contribution in [-0.4, -0.2) is 77.4 Å². The molecule has 50 heavy (non-hydrogen) atoms. The first-order chi connectivity index (χ1) is 23.8. The summed E-state index contributed by atoms with van der Waals surface area (Å²) in [5.74, 6) is 0.913. The number of benzene rings is 2. The standard InChI is InChI=1S/C38H45ClN6O5/c1-37(2,3)50-36(48)42(4)30-13-12-26-18-27(19-29(39)33(26)30)31-21-40-34-35(47)44(23-41-45(31)34)22-38(49)14-16-43(17-15-38)32(46)20-28(25-10-11-25)24-8-6-5-7-9-24/h5-9,18-19,21,23,25,28,30,49H,10-17,20,22H2,1-4H3. The average Bonchev–Trinajstić information content (AvgIpc) is 3.67. The zero-order valence-electron chi connectivity index (χ0n) is 29.1. The number of rotatable bonds is 8. The number of ether oxygens (including phenoxy) is 1. The number of fused-ring (bicyclic) bond motifs is 2. The molecule has 1 N–H and O–H groups in total. The van der Waals surface area contributed by atoms with Gasteiger partial charge in [0.15, 0.2) is 0 Å². The second-order valence-electron chi connectivity index (χ2n) is 15.3. The molecule has 3 aliphatic rings. The van der Waals surface area contributed by atoms with Crippen molar-refractivity contribution in [3.8, 4) is 11.3 Å². The predicted molar refractivity (Wildman–Crippen MR) is 190 cm³/mol. The van der Waals surface area contributed by atoms with Crippen LogP contribution in [0.3, 0.4) is 0 Å². The highest BCUT2D eigenvalue weighted by atomic mass is 35.5. The number of imidazole rings is 1. The zero-order chi connectivity index (χ0) is 35.4. The fourth-order valence-corrected chi connectivity index (χ4v) is 7.99. The van der Waals surface area contributed by atoms with Gasteiger partial charge in [-0.15, -0.1) is 0 Å². The summed E-state index contributed by atoms with van der Waals surface area (Å²) < 4.78 is 8.50. The second-order valence-corrected chi connectivity index (χ2v) is 15.7. The third kappa shape index (κ3) is 6.90. The molecule has 2 aromatic carbocycles. The van der Waals surface area contributed by atoms with Gasteiger partial charge in [0.25, 0.3) is 5.56 Å². The van der Waals surface area contributed by atoms with E-state index in [0.29, 0.717) is 55.4 Å². The maximum absolute atomic E-state index is 13.6. The van der Waals surface area contributed by atoms with Crippen molar-refractivity contribution in [2.24, 2.45) is 5.92 Å². The van der Waals surface area contributed by atoms with Crippen molar-refractivity contribution in [3.05, 3.63) is 87.1 Å². The van der Waals surface area contributed by atoms with Gasteiger partial charge >= 0.3 is 6.09 Å². The van der Waals surface area contributed by atoms with Gasteiger partial charge in [0.1, 0.15) is 11.9 Å². The molecular weight excluding hydrogens is 656 g/mol. The molecule has 2 aliphatic carbocycles. The number of hydrogen-bond donors (Lipinski definition) is 1. The van der Waals surface area contributed by atoms with E-state index in [1.54, 1.807) is 18.1 Å². The Labute approximate surface area is 296 Å². The van der Waals surface area contributed by atoms with Crippen LogP contribution in [0.15, 0.2) is 59.8 Å². The molecular formula is C38H45ClN6O5. The van der Waals surface area contributed by atoms with Gasteiger partial charge in [0, 0.05) is 37.1 Å². The van der Waals surface area contributed by atoms with Gasteiger partial charge in [-0.3, -0.25) is 14.2 Å². The van der Waals surface area contributed by atoms with Crippen LogP contribution in [-0.2, 0) is 22.5 Å². The molecule has 3 heterocycles. The number of piperidine rings is 1. The van der Waals surface area contributed by atoms with Crippen LogP contribution in [0.4, 0.5) is 4.79 Å². The molecule has 2 unspecified atom stereocenters. The first kappa shape index (κ1) is 34.2. The van der Waals surface area contributed by atoms with Gasteiger partial charge in [-0.2, -0.15) is 5.10 Å². The third-order valence-electron chi connectivity index (χ3n) is 10.5. The number of halogens is 1. The Morgan fingerprint density at radius 3 is 2.52 bits per heavy atom. The van der Waals surface area contributed by atoms with Gasteiger partial charge < -0.3 is 19.6 Å². The highest BCUT2D eigenvalue weighted by Crippen LogP contribution is 2.45. The lowest BCUT2D eigenvalue weighted by Crippen LogP contribution is -2.50. The van der Waals surface area contributed by atoms with E-state index in [9.17, 15) is 19.5 Å². The van der Waals surface area contributed by atoms with E-state index in [0.717, 1.165) is 36.0 Å². The number of aromatic nitrogens is 4. The van der Waals surface area contributed by atoms with Crippen LogP contribution in [0.5, 0.6) is 0 Å². The smallest absolute Gasteiger partial charge is 0.410 e. The average molecular weight is 701 g/mol. The lowest BCUT2D eigenvalue weighted by molar-refractivity contribution is -0.136. The zero-order valence-corrected chi connectivity index (χ0v) is 29.9. The minimum atomic E-state index is -1.15. The Hall–Kier alpha value is -4.22. The van der Waals surface area contributed by atoms with E-state index in [-0.39, 0.29) is 35.6 Å². The number of amides is 2. The fraction of sp³-hybridized carbons (Fsp3) is 0.500. The Morgan fingerprint density at radius 1 is 1.12 bits per heavy atom. The van der Waals surface area contributed by atoms with Crippen molar-refractivity contribution in [2.75, 3.05) is 20.1 Å². The number of hydrogen-bond acceptors (Lipinski definition) is 7. The maximum Gasteiger partial charge on any atom is 0.410 e. The lowest BCUT2D eigenvalue weighted by Gasteiger charge is -2.38. The van der Waals surface area contributed by atoms with Crippen LogP contribution >= 0.6 is 11.6 Å². The summed E-state index contributed by atoms with van der Waals surface area (Å²) in [5.41, 5.74) is 2.54. The second kappa shape index (κ2) is 13.2. The lowest BCUT2D eigenvalue weighted by atomic mass is 9.88. The molecule has 4 aromatic rings. The van der Waals surface area contributed by atoms with Crippen molar-refractivity contribution in [3.63, 3.8) is 0 Å². The van der Waals surface area contributed by atoms with E-state index in [4.69, 9.17) is 16.3 Å². The number of likely N-dealkylation sites (tertiary alicyclic amines) is 1. The van der Waals surface area contributed by atoms with Crippen molar-refractivity contribution in [1.82, 2.24) is 29.0 Å². The van der Waals surface area contributed by atoms with Gasteiger partial charge in [-0.05, 0) is 100.0 Å². The highest BCUT2D eigenvalue weighted by molar-refractivity contribution is 6.32. The molecule has 0 bridgehead atoms. The Kier molecular flexibility index (Phi) is 9.01. The number of nitrogens with zero attached hydrogens (tertiary/aromatic N) is 6. The number of carbonyl (C=O) groups excluding carboxylic acids is 2. The molecule has 12 heteroatoms. The first-order valence-electron chi connectivity index (χ1n) is 17.6. The first-order valence-corrected chi connectivity index (χ1v) is 17.9. The molecule has 7 rings (SSSR count). The normalized spacial score (nSPS) is 19.3. The molecule has 0 spiro atoms. The van der Waals surface area contributed by atoms with Crippen LogP contribution < -0.4 is 5.56 Å². The van der Waals surface area contributed by atoms with E-state index in [1.807, 2.05) is 56.0 Å². The molecule has 0 radical (unpaired) electrons. The Balaban J connectivity index is 1.03. The molecule has 11 nitrogen and oxygen atoms in total. The van der Waals surface area contributed by atoms with Crippen molar-refractivity contribution in [1.29, 1.82) is 0 Å². The summed E-state index contributed by atoms with van der Waals surface area (Å²) in [4.78, 5) is 47.6. The van der Waals surface area contributed by atoms with E-state index < -0.39 is 17.3 Å². The summed E-state index contributed by atoms with van der Waals surface area (Å²) in [7, 11) is 1.73. The van der Waals surface area contributed by atoms with Crippen molar-refractivity contribution in [2.45, 2.75) is 95.4 Å². The van der Waals surface area contributed by atoms with Crippen LogP contribution in [0.1, 0.15) is 87.9 Å². The van der Waals surface area contributed by atoms with Crippen LogP contribution in [0.2, 0.25) is 5.02 Å². The van der Waals surface area contributed by atoms with E-state index >= 15 is 0 Å². The summed E-state index contributed by atoms with van der Waals surface area (Å²) in [6, 6.07) is 13.9. The molecule has 2 fully saturated rings. The fourth-order valence-electron chi connectivity index (χ4n) is 7.62. The minimum Gasteiger partial charge on any atom is -0.444 e. The van der Waals surface area contributed by atoms with E-state index in [2.05, 4.69) is 22.2 Å². The molecule has 264 valence electrons. The quantitative estimate of drug-likeness (QED) is 0.239. The summed E-state index contributed by atoms with van der Waals surface area (Å²) in [6.07, 6.45) is 7.63. The van der Waals surface area contributed by atoms with Gasteiger partial charge in [0.2, 0.25) is 11.6 Å². The van der Waals surface area contributed by atoms with Crippen molar-refractivity contribution >= 4 is 29.2 Å². The van der Waals surface area contributed by atoms with Crippen LogP contribution in [0, 0.1) is 5.92 Å². The predicted octanol–water partition coefficient (Wildman–Crippen LogP) is 6.00. The molecule has 1 saturated heterocycles. The maximum atomic E-state index is 13.6. The summed E-state index contributed by atoms with van der Waals surface area (Å²) in [5, 5.41) is 16.6. The number of carbonyl (C=O) groups is 2. The molecule has 1 saturated carbocycles. The molecule has 1 aliphatic heterocycles. The molecule has 2 atom stereocenters. The summed E-state index contributed by atoms with van der Waals surface area (Å²) >= 11 is 6.85. The number of aliphatic hydroxyl groups is 1. The largest absolute Gasteiger partial charge is 0.444 e. The number of aryl methyl sites for hydroxylation is 1. The molecule has 2 amide bonds. The van der Waals surface area contributed by atoms with Gasteiger partial charge in [0.05, 0.1) is 30.1 Å². The van der Waals surface area contributed by atoms with Crippen LogP contribution in [0.25, 0.3) is 16.9 Å². The van der Waals surface area contributed by atoms with Gasteiger partial charge in [-0.1, -0.05) is 41.9 Å². The third-order valence-corrected chi connectivity index (χ3v) is 10.8. The highest BCUT2D eigenvalue weighted by Gasteiger charge is 2.38. The topological polar surface area (TPSA) is 122 Å². The SMILES string of the molecule is CN(C(=O)OC(C)(C)C)C1CCc2cc(-c3cnc4c(=O)n(CC5(O)CCN(C(=O)CC(c6ccccc6)C6CC6)CC5)cnn34)cc(Cl)c21. The summed E-state index contributed by atoms with van der Waals surface area (Å²) in [6.45, 7) is 6.45. The van der Waals surface area contributed by atoms with Crippen molar-refractivity contribution < 1.29 is 19.4 Å². The molecule has 2 aromatic heterocycles. The Morgan fingerprint density at radius 2 is 1.84 bits per heavy atom.